The summed E-state index contributed by atoms with van der Waals surface area (Å²) < 4.78 is 27.1. The third-order valence-corrected chi connectivity index (χ3v) is 7.04. The first-order chi connectivity index (χ1) is 9.13. The molecular weight excluding hydrogens is 302 g/mol. The number of nitrogen functional groups attached to an aromatic ring is 1. The van der Waals surface area contributed by atoms with Crippen molar-refractivity contribution < 1.29 is 8.42 Å². The van der Waals surface area contributed by atoms with Gasteiger partial charge in [0, 0.05) is 29.1 Å². The molecule has 4 N–H and O–H groups in total. The van der Waals surface area contributed by atoms with Gasteiger partial charge in [0.15, 0.2) is 0 Å². The number of thioether (sulfide) groups is 2. The van der Waals surface area contributed by atoms with E-state index >= 15 is 0 Å². The van der Waals surface area contributed by atoms with Crippen LogP contribution in [-0.2, 0) is 10.0 Å². The molecule has 0 aromatic heterocycles. The molecule has 0 spiro atoms. The molecule has 0 bridgehead atoms. The van der Waals surface area contributed by atoms with Crippen molar-refractivity contribution in [1.29, 1.82) is 0 Å². The van der Waals surface area contributed by atoms with E-state index < -0.39 is 10.0 Å². The molecule has 0 amide bonds. The minimum atomic E-state index is -3.52. The molecule has 0 radical (unpaired) electrons. The van der Waals surface area contributed by atoms with Gasteiger partial charge in [0.2, 0.25) is 10.0 Å². The number of hydrazine groups is 1. The molecule has 5 nitrogen and oxygen atoms in total. The summed E-state index contributed by atoms with van der Waals surface area (Å²) in [5.41, 5.74) is 2.81. The van der Waals surface area contributed by atoms with Crippen molar-refractivity contribution in [3.05, 3.63) is 24.3 Å². The molecule has 2 rings (SSSR count). The fraction of sp³-hybridized carbons (Fsp3) is 0.455. The molecule has 0 aliphatic carbocycles. The molecule has 1 aliphatic rings. The van der Waals surface area contributed by atoms with E-state index in [2.05, 4.69) is 10.1 Å². The van der Waals surface area contributed by atoms with Crippen LogP contribution in [0.25, 0.3) is 0 Å². The van der Waals surface area contributed by atoms with Crippen LogP contribution in [0.3, 0.4) is 0 Å². The van der Waals surface area contributed by atoms with Crippen LogP contribution in [-0.4, -0.2) is 37.5 Å². The maximum absolute atomic E-state index is 12.2. The zero-order chi connectivity index (χ0) is 13.7. The number of rotatable bonds is 5. The average molecular weight is 319 g/mol. The van der Waals surface area contributed by atoms with E-state index in [1.54, 1.807) is 24.3 Å². The minimum absolute atomic E-state index is 0.186. The Kier molecular flexibility index (Phi) is 5.40. The Morgan fingerprint density at radius 1 is 1.32 bits per heavy atom. The molecule has 1 aliphatic heterocycles. The Labute approximate surface area is 122 Å². The van der Waals surface area contributed by atoms with Gasteiger partial charge in [-0.1, -0.05) is 12.1 Å². The summed E-state index contributed by atoms with van der Waals surface area (Å²) in [6.07, 6.45) is 0. The van der Waals surface area contributed by atoms with Crippen molar-refractivity contribution in [3.63, 3.8) is 0 Å². The summed E-state index contributed by atoms with van der Waals surface area (Å²) in [5.74, 6) is 8.55. The molecular formula is C11H17N3O2S3. The number of anilines is 1. The number of sulfonamides is 1. The normalized spacial score (nSPS) is 20.2. The van der Waals surface area contributed by atoms with E-state index in [4.69, 9.17) is 5.84 Å². The fourth-order valence-corrected chi connectivity index (χ4v) is 5.72. The molecule has 19 heavy (non-hydrogen) atoms. The Hall–Kier alpha value is -0.410. The van der Waals surface area contributed by atoms with E-state index in [1.807, 2.05) is 23.5 Å². The lowest BCUT2D eigenvalue weighted by Gasteiger charge is -2.21. The summed E-state index contributed by atoms with van der Waals surface area (Å²) in [7, 11) is -3.52. The standard InChI is InChI=1S/C11H17N3O2S3/c12-14-10-3-1-2-4-11(10)19(15,16)13-7-9-8-17-5-6-18-9/h1-4,9,13-14H,5-8,12H2. The zero-order valence-corrected chi connectivity index (χ0v) is 12.8. The molecule has 1 unspecified atom stereocenters. The second-order valence-corrected chi connectivity index (χ2v) is 8.35. The highest BCUT2D eigenvalue weighted by Gasteiger charge is 2.21. The van der Waals surface area contributed by atoms with Gasteiger partial charge in [0.25, 0.3) is 0 Å². The minimum Gasteiger partial charge on any atom is -0.323 e. The Bertz CT molecular complexity index is 516. The van der Waals surface area contributed by atoms with Crippen LogP contribution >= 0.6 is 23.5 Å². The molecule has 1 aromatic rings. The van der Waals surface area contributed by atoms with Crippen LogP contribution < -0.4 is 16.0 Å². The van der Waals surface area contributed by atoms with Gasteiger partial charge in [-0.05, 0) is 12.1 Å². The molecule has 1 heterocycles. The number of hydrogen-bond acceptors (Lipinski definition) is 6. The van der Waals surface area contributed by atoms with Crippen LogP contribution in [0.1, 0.15) is 0 Å². The highest BCUT2D eigenvalue weighted by atomic mass is 32.2. The zero-order valence-electron chi connectivity index (χ0n) is 10.3. The average Bonchev–Trinajstić information content (AvgIpc) is 2.46. The van der Waals surface area contributed by atoms with Gasteiger partial charge in [-0.2, -0.15) is 23.5 Å². The predicted octanol–water partition coefficient (Wildman–Crippen LogP) is 1.10. The van der Waals surface area contributed by atoms with Gasteiger partial charge < -0.3 is 5.43 Å². The smallest absolute Gasteiger partial charge is 0.242 e. The molecule has 8 heteroatoms. The van der Waals surface area contributed by atoms with Gasteiger partial charge in [0.1, 0.15) is 4.90 Å². The van der Waals surface area contributed by atoms with Crippen molar-refractivity contribution in [3.8, 4) is 0 Å². The number of benzene rings is 1. The second kappa shape index (κ2) is 6.85. The lowest BCUT2D eigenvalue weighted by molar-refractivity contribution is 0.582. The largest absolute Gasteiger partial charge is 0.323 e. The number of nitrogens with one attached hydrogen (secondary N) is 2. The van der Waals surface area contributed by atoms with Crippen LogP contribution in [0.5, 0.6) is 0 Å². The topological polar surface area (TPSA) is 84.2 Å². The second-order valence-electron chi connectivity index (χ2n) is 4.06. The maximum atomic E-state index is 12.2. The third-order valence-electron chi connectivity index (χ3n) is 2.72. The summed E-state index contributed by atoms with van der Waals surface area (Å²) in [4.78, 5) is 0.186. The predicted molar refractivity (Wildman–Crippen MR) is 83.0 cm³/mol. The summed E-state index contributed by atoms with van der Waals surface area (Å²) in [5, 5.41) is 0.339. The fourth-order valence-electron chi connectivity index (χ4n) is 1.76. The van der Waals surface area contributed by atoms with Crippen molar-refractivity contribution in [2.75, 3.05) is 29.2 Å². The maximum Gasteiger partial charge on any atom is 0.242 e. The monoisotopic (exact) mass is 319 g/mol. The van der Waals surface area contributed by atoms with Crippen molar-refractivity contribution in [1.82, 2.24) is 4.72 Å². The summed E-state index contributed by atoms with van der Waals surface area (Å²) in [6.45, 7) is 0.457. The van der Waals surface area contributed by atoms with Gasteiger partial charge in [-0.3, -0.25) is 5.84 Å². The Balaban J connectivity index is 2.05. The Morgan fingerprint density at radius 2 is 2.11 bits per heavy atom. The number of nitrogens with two attached hydrogens (primary N) is 1. The van der Waals surface area contributed by atoms with E-state index in [1.165, 1.54) is 0 Å². The summed E-state index contributed by atoms with van der Waals surface area (Å²) in [6, 6.07) is 6.60. The molecule has 0 saturated carbocycles. The Morgan fingerprint density at radius 3 is 2.79 bits per heavy atom. The van der Waals surface area contributed by atoms with E-state index in [-0.39, 0.29) is 4.90 Å². The van der Waals surface area contributed by atoms with Gasteiger partial charge in [0.05, 0.1) is 5.69 Å². The highest BCUT2D eigenvalue weighted by Crippen LogP contribution is 2.24. The molecule has 106 valence electrons. The molecule has 1 saturated heterocycles. The summed E-state index contributed by atoms with van der Waals surface area (Å²) >= 11 is 3.69. The highest BCUT2D eigenvalue weighted by molar-refractivity contribution is 8.06. The first-order valence-corrected chi connectivity index (χ1v) is 9.57. The molecule has 1 aromatic carbocycles. The molecule has 1 atom stereocenters. The van der Waals surface area contributed by atoms with E-state index in [9.17, 15) is 8.42 Å². The van der Waals surface area contributed by atoms with Crippen LogP contribution in [0.2, 0.25) is 0 Å². The lowest BCUT2D eigenvalue weighted by Crippen LogP contribution is -2.34. The van der Waals surface area contributed by atoms with Crippen LogP contribution in [0, 0.1) is 0 Å². The number of hydrogen-bond donors (Lipinski definition) is 3. The third kappa shape index (κ3) is 4.03. The van der Waals surface area contributed by atoms with Crippen LogP contribution in [0.15, 0.2) is 29.2 Å². The van der Waals surface area contributed by atoms with Crippen LogP contribution in [0.4, 0.5) is 5.69 Å². The van der Waals surface area contributed by atoms with Gasteiger partial charge >= 0.3 is 0 Å². The van der Waals surface area contributed by atoms with Gasteiger partial charge in [-0.15, -0.1) is 0 Å². The number of para-hydroxylation sites is 1. The SMILES string of the molecule is NNc1ccccc1S(=O)(=O)NCC1CSCCS1. The molecule has 1 fully saturated rings. The van der Waals surface area contributed by atoms with Gasteiger partial charge in [-0.25, -0.2) is 13.1 Å². The van der Waals surface area contributed by atoms with E-state index in [0.29, 0.717) is 17.5 Å². The van der Waals surface area contributed by atoms with Crippen molar-refractivity contribution in [2.24, 2.45) is 5.84 Å². The van der Waals surface area contributed by atoms with Crippen molar-refractivity contribution in [2.45, 2.75) is 10.1 Å². The first kappa shape index (κ1) is 15.0. The van der Waals surface area contributed by atoms with E-state index in [0.717, 1.165) is 17.3 Å². The first-order valence-electron chi connectivity index (χ1n) is 5.88. The quantitative estimate of drug-likeness (QED) is 0.557. The lowest BCUT2D eigenvalue weighted by atomic mass is 10.3. The van der Waals surface area contributed by atoms with Crippen molar-refractivity contribution >= 4 is 39.2 Å².